The zero-order valence-corrected chi connectivity index (χ0v) is 8.51. The summed E-state index contributed by atoms with van der Waals surface area (Å²) < 4.78 is 7.91. The Morgan fingerprint density at radius 1 is 1.36 bits per heavy atom. The Hall–Kier alpha value is -1.44. The highest BCUT2D eigenvalue weighted by atomic mass is 35.5. The molecule has 0 saturated carbocycles. The van der Waals surface area contributed by atoms with E-state index >= 15 is 0 Å². The van der Waals surface area contributed by atoms with Gasteiger partial charge in [0.15, 0.2) is 5.15 Å². The van der Waals surface area contributed by atoms with Crippen molar-refractivity contribution in [3.05, 3.63) is 35.0 Å². The van der Waals surface area contributed by atoms with Gasteiger partial charge in [-0.25, -0.2) is 0 Å². The molecule has 0 aliphatic rings. The van der Waals surface area contributed by atoms with Crippen LogP contribution in [0.5, 0.6) is 0 Å². The van der Waals surface area contributed by atoms with Crippen LogP contribution in [0.3, 0.4) is 0 Å². The minimum absolute atomic E-state index is 0.380. The standard InChI is InChI=1S/C9H4ClN3S/c10-9-8(12-14-13-9)7-3-1-2-6(4-7)5-11/h1-4H. The number of nitriles is 1. The largest absolute Gasteiger partial charge is 0.192 e. The molecular weight excluding hydrogens is 218 g/mol. The van der Waals surface area contributed by atoms with Crippen molar-refractivity contribution in [2.75, 3.05) is 0 Å². The van der Waals surface area contributed by atoms with E-state index in [2.05, 4.69) is 14.8 Å². The molecule has 0 amide bonds. The van der Waals surface area contributed by atoms with Crippen LogP contribution in [0.2, 0.25) is 5.15 Å². The molecule has 1 heterocycles. The van der Waals surface area contributed by atoms with Crippen LogP contribution < -0.4 is 0 Å². The lowest BCUT2D eigenvalue weighted by Gasteiger charge is -1.96. The van der Waals surface area contributed by atoms with Gasteiger partial charge in [0, 0.05) is 5.56 Å². The first-order valence-corrected chi connectivity index (χ1v) is 4.90. The summed E-state index contributed by atoms with van der Waals surface area (Å²) >= 11 is 6.88. The van der Waals surface area contributed by atoms with Crippen LogP contribution in [-0.4, -0.2) is 8.75 Å². The van der Waals surface area contributed by atoms with Gasteiger partial charge in [-0.15, -0.1) is 0 Å². The van der Waals surface area contributed by atoms with Crippen LogP contribution in [0.25, 0.3) is 11.3 Å². The van der Waals surface area contributed by atoms with E-state index in [0.717, 1.165) is 17.3 Å². The van der Waals surface area contributed by atoms with Gasteiger partial charge in [0.1, 0.15) is 5.69 Å². The van der Waals surface area contributed by atoms with E-state index in [0.29, 0.717) is 16.4 Å². The molecule has 0 atom stereocenters. The number of nitrogens with zero attached hydrogens (tertiary/aromatic N) is 3. The van der Waals surface area contributed by atoms with Crippen LogP contribution in [0.4, 0.5) is 0 Å². The van der Waals surface area contributed by atoms with Gasteiger partial charge in [-0.3, -0.25) is 0 Å². The van der Waals surface area contributed by atoms with Gasteiger partial charge in [-0.1, -0.05) is 23.7 Å². The summed E-state index contributed by atoms with van der Waals surface area (Å²) in [6, 6.07) is 9.18. The molecule has 68 valence electrons. The van der Waals surface area contributed by atoms with Gasteiger partial charge in [0.05, 0.1) is 23.4 Å². The van der Waals surface area contributed by atoms with Crippen molar-refractivity contribution >= 4 is 23.3 Å². The van der Waals surface area contributed by atoms with Crippen molar-refractivity contribution in [3.8, 4) is 17.3 Å². The van der Waals surface area contributed by atoms with Crippen molar-refractivity contribution in [2.24, 2.45) is 0 Å². The van der Waals surface area contributed by atoms with Crippen LogP contribution in [0.15, 0.2) is 24.3 Å². The second-order valence-corrected chi connectivity index (χ2v) is 3.48. The summed E-state index contributed by atoms with van der Waals surface area (Å²) in [5.41, 5.74) is 2.04. The molecule has 0 N–H and O–H groups in total. The summed E-state index contributed by atoms with van der Waals surface area (Å²) in [5.74, 6) is 0. The lowest BCUT2D eigenvalue weighted by molar-refractivity contribution is 1.46. The smallest absolute Gasteiger partial charge is 0.170 e. The van der Waals surface area contributed by atoms with E-state index in [1.54, 1.807) is 18.2 Å². The zero-order valence-electron chi connectivity index (χ0n) is 6.94. The van der Waals surface area contributed by atoms with Gasteiger partial charge < -0.3 is 0 Å². The predicted molar refractivity (Wildman–Crippen MR) is 55.1 cm³/mol. The maximum atomic E-state index is 8.71. The summed E-state index contributed by atoms with van der Waals surface area (Å²) in [7, 11) is 0. The molecule has 0 fully saturated rings. The molecule has 3 nitrogen and oxygen atoms in total. The van der Waals surface area contributed by atoms with E-state index in [1.165, 1.54) is 0 Å². The molecule has 0 aliphatic carbocycles. The first-order valence-electron chi connectivity index (χ1n) is 3.80. The van der Waals surface area contributed by atoms with E-state index in [-0.39, 0.29) is 0 Å². The topological polar surface area (TPSA) is 49.6 Å². The fourth-order valence-electron chi connectivity index (χ4n) is 1.09. The number of benzene rings is 1. The summed E-state index contributed by atoms with van der Waals surface area (Å²) in [4.78, 5) is 0. The molecule has 1 aromatic heterocycles. The lowest BCUT2D eigenvalue weighted by atomic mass is 10.1. The number of halogens is 1. The van der Waals surface area contributed by atoms with Crippen LogP contribution in [-0.2, 0) is 0 Å². The minimum Gasteiger partial charge on any atom is -0.192 e. The maximum Gasteiger partial charge on any atom is 0.170 e. The lowest BCUT2D eigenvalue weighted by Crippen LogP contribution is -1.80. The Balaban J connectivity index is 2.53. The monoisotopic (exact) mass is 221 g/mol. The van der Waals surface area contributed by atoms with Crippen molar-refractivity contribution in [1.82, 2.24) is 8.75 Å². The van der Waals surface area contributed by atoms with Gasteiger partial charge in [-0.2, -0.15) is 14.0 Å². The quantitative estimate of drug-likeness (QED) is 0.744. The van der Waals surface area contributed by atoms with E-state index in [4.69, 9.17) is 16.9 Å². The van der Waals surface area contributed by atoms with E-state index < -0.39 is 0 Å². The molecular formula is C9H4ClN3S. The molecule has 0 radical (unpaired) electrons. The highest BCUT2D eigenvalue weighted by Gasteiger charge is 2.07. The van der Waals surface area contributed by atoms with Gasteiger partial charge in [0.25, 0.3) is 0 Å². The van der Waals surface area contributed by atoms with Gasteiger partial charge in [-0.05, 0) is 12.1 Å². The van der Waals surface area contributed by atoms with E-state index in [1.807, 2.05) is 6.07 Å². The second kappa shape index (κ2) is 3.74. The molecule has 14 heavy (non-hydrogen) atoms. The second-order valence-electron chi connectivity index (χ2n) is 2.60. The Bertz CT molecular complexity index is 501. The molecule has 5 heteroatoms. The minimum atomic E-state index is 0.380. The predicted octanol–water partition coefficient (Wildman–Crippen LogP) is 2.73. The molecule has 0 bridgehead atoms. The molecule has 0 saturated heterocycles. The SMILES string of the molecule is N#Cc1cccc(-c2nsnc2Cl)c1. The molecule has 0 aliphatic heterocycles. The number of aromatic nitrogens is 2. The average Bonchev–Trinajstić information content (AvgIpc) is 2.65. The Labute approximate surface area is 89.9 Å². The third kappa shape index (κ3) is 1.60. The van der Waals surface area contributed by atoms with Crippen molar-refractivity contribution in [2.45, 2.75) is 0 Å². The van der Waals surface area contributed by atoms with Crippen molar-refractivity contribution < 1.29 is 0 Å². The normalized spacial score (nSPS) is 9.71. The van der Waals surface area contributed by atoms with Crippen LogP contribution in [0.1, 0.15) is 5.56 Å². The number of hydrogen-bond acceptors (Lipinski definition) is 4. The molecule has 1 aromatic carbocycles. The average molecular weight is 222 g/mol. The first kappa shape index (κ1) is 9.13. The third-order valence-corrected chi connectivity index (χ3v) is 2.61. The van der Waals surface area contributed by atoms with Crippen molar-refractivity contribution in [3.63, 3.8) is 0 Å². The number of hydrogen-bond donors (Lipinski definition) is 0. The van der Waals surface area contributed by atoms with Crippen LogP contribution in [0, 0.1) is 11.3 Å². The maximum absolute atomic E-state index is 8.71. The Kier molecular flexibility index (Phi) is 2.44. The summed E-state index contributed by atoms with van der Waals surface area (Å²) in [6.45, 7) is 0. The van der Waals surface area contributed by atoms with Crippen molar-refractivity contribution in [1.29, 1.82) is 5.26 Å². The highest BCUT2D eigenvalue weighted by Crippen LogP contribution is 2.25. The summed E-state index contributed by atoms with van der Waals surface area (Å²) in [5, 5.41) is 9.09. The molecule has 2 aromatic rings. The molecule has 2 rings (SSSR count). The summed E-state index contributed by atoms with van der Waals surface area (Å²) in [6.07, 6.45) is 0. The zero-order chi connectivity index (χ0) is 9.97. The molecule has 0 unspecified atom stereocenters. The fraction of sp³-hybridized carbons (Fsp3) is 0. The Morgan fingerprint density at radius 3 is 2.86 bits per heavy atom. The first-order chi connectivity index (χ1) is 6.81. The number of rotatable bonds is 1. The van der Waals surface area contributed by atoms with Gasteiger partial charge >= 0.3 is 0 Å². The Morgan fingerprint density at radius 2 is 2.21 bits per heavy atom. The van der Waals surface area contributed by atoms with E-state index in [9.17, 15) is 0 Å². The van der Waals surface area contributed by atoms with Crippen LogP contribution >= 0.6 is 23.3 Å². The highest BCUT2D eigenvalue weighted by molar-refractivity contribution is 6.99. The third-order valence-electron chi connectivity index (χ3n) is 1.71. The fourth-order valence-corrected chi connectivity index (χ4v) is 1.85. The molecule has 0 spiro atoms. The van der Waals surface area contributed by atoms with Gasteiger partial charge in [0.2, 0.25) is 0 Å².